The Morgan fingerprint density at radius 1 is 1.12 bits per heavy atom. The topological polar surface area (TPSA) is 22.1 Å². The third-order valence-corrected chi connectivity index (χ3v) is 3.63. The number of hydrogen-bond donors (Lipinski definition) is 0. The number of allylic oxidation sites excluding steroid dienone is 9. The molecule has 0 bridgehead atoms. The van der Waals surface area contributed by atoms with Gasteiger partial charge in [-0.15, -0.1) is 0 Å². The fourth-order valence-corrected chi connectivity index (χ4v) is 2.37. The number of nitrogens with zero attached hydrogens (tertiary/aromatic N) is 1. The highest BCUT2D eigenvalue weighted by molar-refractivity contribution is 5.40. The number of pyridine rings is 1. The van der Waals surface area contributed by atoms with Crippen molar-refractivity contribution < 1.29 is 4.74 Å². The molecule has 0 radical (unpaired) electrons. The minimum absolute atomic E-state index is 0.441. The lowest BCUT2D eigenvalue weighted by molar-refractivity contribution is 0.197. The molecule has 0 amide bonds. The van der Waals surface area contributed by atoms with Crippen LogP contribution in [0.5, 0.6) is 0 Å². The smallest absolute Gasteiger partial charge is 0.130 e. The standard InChI is InChI=1S/C23H29NO/c1-7-11-18(5)21(12-8-2)16-19(6)25-17-22-15-14-20(10-4)23(24-22)13-9-3/h7-16H,3,17H2,1-2,4-6H3/b11-7-,12-8-,19-16+,20-10-,21-18+,23-13+. The molecule has 0 saturated carbocycles. The molecule has 0 spiro atoms. The van der Waals surface area contributed by atoms with Crippen molar-refractivity contribution in [3.05, 3.63) is 88.3 Å². The van der Waals surface area contributed by atoms with E-state index in [0.29, 0.717) is 6.61 Å². The summed E-state index contributed by atoms with van der Waals surface area (Å²) in [6, 6.07) is 4.05. The molecule has 25 heavy (non-hydrogen) atoms. The van der Waals surface area contributed by atoms with Crippen molar-refractivity contribution in [1.82, 2.24) is 4.98 Å². The van der Waals surface area contributed by atoms with Crippen LogP contribution >= 0.6 is 0 Å². The van der Waals surface area contributed by atoms with E-state index in [-0.39, 0.29) is 0 Å². The van der Waals surface area contributed by atoms with Crippen molar-refractivity contribution in [2.45, 2.75) is 41.2 Å². The number of ether oxygens (including phenoxy) is 1. The van der Waals surface area contributed by atoms with E-state index in [1.54, 1.807) is 6.08 Å². The van der Waals surface area contributed by atoms with Crippen LogP contribution in [-0.2, 0) is 11.3 Å². The first-order chi connectivity index (χ1) is 12.0. The Morgan fingerprint density at radius 2 is 1.84 bits per heavy atom. The van der Waals surface area contributed by atoms with E-state index >= 15 is 0 Å². The molecule has 1 aromatic heterocycles. The molecule has 0 unspecified atom stereocenters. The molecule has 1 heterocycles. The largest absolute Gasteiger partial charge is 0.492 e. The zero-order valence-corrected chi connectivity index (χ0v) is 16.0. The summed E-state index contributed by atoms with van der Waals surface area (Å²) >= 11 is 0. The van der Waals surface area contributed by atoms with Gasteiger partial charge in [0.1, 0.15) is 6.61 Å². The maximum atomic E-state index is 5.90. The molecule has 2 heteroatoms. The van der Waals surface area contributed by atoms with Crippen LogP contribution in [0.25, 0.3) is 12.2 Å². The summed E-state index contributed by atoms with van der Waals surface area (Å²) in [7, 11) is 0. The van der Waals surface area contributed by atoms with Crippen LogP contribution in [0.2, 0.25) is 0 Å². The molecule has 1 aromatic rings. The Hall–Kier alpha value is -2.61. The molecule has 0 fully saturated rings. The van der Waals surface area contributed by atoms with Gasteiger partial charge >= 0.3 is 0 Å². The van der Waals surface area contributed by atoms with Crippen molar-refractivity contribution >= 4 is 12.2 Å². The van der Waals surface area contributed by atoms with Crippen molar-refractivity contribution in [3.63, 3.8) is 0 Å². The van der Waals surface area contributed by atoms with Gasteiger partial charge in [0.05, 0.1) is 16.8 Å². The summed E-state index contributed by atoms with van der Waals surface area (Å²) in [4.78, 5) is 4.64. The van der Waals surface area contributed by atoms with Crippen LogP contribution in [0.4, 0.5) is 0 Å². The fraction of sp³-hybridized carbons (Fsp3) is 0.261. The van der Waals surface area contributed by atoms with E-state index in [4.69, 9.17) is 4.74 Å². The van der Waals surface area contributed by atoms with Gasteiger partial charge in [-0.3, -0.25) is 0 Å². The first-order valence-electron chi connectivity index (χ1n) is 8.58. The summed E-state index contributed by atoms with van der Waals surface area (Å²) in [5.74, 6) is 0.860. The second-order valence-electron chi connectivity index (χ2n) is 5.65. The highest BCUT2D eigenvalue weighted by Crippen LogP contribution is 2.13. The third-order valence-electron chi connectivity index (χ3n) is 3.63. The van der Waals surface area contributed by atoms with Crippen molar-refractivity contribution in [2.75, 3.05) is 0 Å². The predicted octanol–water partition coefficient (Wildman–Crippen LogP) is 4.74. The van der Waals surface area contributed by atoms with Crippen LogP contribution in [0.1, 0.15) is 40.3 Å². The minimum Gasteiger partial charge on any atom is -0.492 e. The first kappa shape index (κ1) is 20.4. The van der Waals surface area contributed by atoms with E-state index in [1.165, 1.54) is 5.57 Å². The molecule has 0 aliphatic heterocycles. The maximum absolute atomic E-state index is 5.90. The lowest BCUT2D eigenvalue weighted by atomic mass is 10.1. The highest BCUT2D eigenvalue weighted by atomic mass is 16.5. The van der Waals surface area contributed by atoms with Gasteiger partial charge in [-0.2, -0.15) is 0 Å². The van der Waals surface area contributed by atoms with Crippen molar-refractivity contribution in [3.8, 4) is 0 Å². The normalized spacial score (nSPS) is 15.2. The first-order valence-corrected chi connectivity index (χ1v) is 8.58. The van der Waals surface area contributed by atoms with E-state index in [0.717, 1.165) is 27.6 Å². The van der Waals surface area contributed by atoms with Crippen molar-refractivity contribution in [2.24, 2.45) is 0 Å². The van der Waals surface area contributed by atoms with E-state index in [9.17, 15) is 0 Å². The Balaban J connectivity index is 3.00. The molecular formula is C23H29NO. The summed E-state index contributed by atoms with van der Waals surface area (Å²) in [5, 5.41) is 2.01. The van der Waals surface area contributed by atoms with E-state index in [1.807, 2.05) is 58.1 Å². The Kier molecular flexibility index (Phi) is 9.02. The van der Waals surface area contributed by atoms with Crippen LogP contribution in [-0.4, -0.2) is 4.98 Å². The van der Waals surface area contributed by atoms with Gasteiger partial charge in [-0.25, -0.2) is 4.98 Å². The monoisotopic (exact) mass is 335 g/mol. The molecule has 1 rings (SSSR count). The Morgan fingerprint density at radius 3 is 2.44 bits per heavy atom. The Bertz CT molecular complexity index is 820. The molecular weight excluding hydrogens is 306 g/mol. The second-order valence-corrected chi connectivity index (χ2v) is 5.65. The maximum Gasteiger partial charge on any atom is 0.130 e. The number of rotatable bonds is 7. The molecule has 2 nitrogen and oxygen atoms in total. The van der Waals surface area contributed by atoms with Crippen LogP contribution < -0.4 is 10.6 Å². The molecule has 0 aliphatic carbocycles. The zero-order chi connectivity index (χ0) is 18.7. The van der Waals surface area contributed by atoms with Gasteiger partial charge in [0.15, 0.2) is 0 Å². The SMILES string of the molecule is C=C/C=c1/nc(CO/C(C)=C/C(/C=C\C)=C(C)/C=C\C)cc/c1=C/C. The Labute approximate surface area is 152 Å². The molecule has 132 valence electrons. The summed E-state index contributed by atoms with van der Waals surface area (Å²) in [6.45, 7) is 14.3. The van der Waals surface area contributed by atoms with Gasteiger partial charge in [0.2, 0.25) is 0 Å². The lowest BCUT2D eigenvalue weighted by Gasteiger charge is -2.08. The minimum atomic E-state index is 0.441. The average molecular weight is 335 g/mol. The fourth-order valence-electron chi connectivity index (χ4n) is 2.37. The van der Waals surface area contributed by atoms with E-state index in [2.05, 4.69) is 42.8 Å². The molecule has 0 N–H and O–H groups in total. The average Bonchev–Trinajstić information content (AvgIpc) is 2.60. The van der Waals surface area contributed by atoms with E-state index < -0.39 is 0 Å². The van der Waals surface area contributed by atoms with Gasteiger partial charge in [0.25, 0.3) is 0 Å². The van der Waals surface area contributed by atoms with Gasteiger partial charge in [-0.1, -0.05) is 49.1 Å². The number of aromatic nitrogens is 1. The third kappa shape index (κ3) is 6.80. The lowest BCUT2D eigenvalue weighted by Crippen LogP contribution is -2.28. The van der Waals surface area contributed by atoms with Crippen LogP contribution in [0, 0.1) is 0 Å². The van der Waals surface area contributed by atoms with Gasteiger partial charge < -0.3 is 4.74 Å². The quantitative estimate of drug-likeness (QED) is 0.530. The summed E-state index contributed by atoms with van der Waals surface area (Å²) in [5.41, 5.74) is 3.24. The highest BCUT2D eigenvalue weighted by Gasteiger charge is 1.99. The number of hydrogen-bond acceptors (Lipinski definition) is 2. The van der Waals surface area contributed by atoms with Crippen LogP contribution in [0.3, 0.4) is 0 Å². The molecule has 0 aliphatic rings. The zero-order valence-electron chi connectivity index (χ0n) is 16.0. The predicted molar refractivity (Wildman–Crippen MR) is 109 cm³/mol. The molecule has 0 aromatic carbocycles. The molecule has 0 saturated heterocycles. The van der Waals surface area contributed by atoms with Crippen molar-refractivity contribution in [1.29, 1.82) is 0 Å². The second kappa shape index (κ2) is 11.0. The van der Waals surface area contributed by atoms with Crippen LogP contribution in [0.15, 0.2) is 72.1 Å². The van der Waals surface area contributed by atoms with Gasteiger partial charge in [0, 0.05) is 0 Å². The summed E-state index contributed by atoms with van der Waals surface area (Å²) < 4.78 is 5.90. The molecule has 0 atom stereocenters. The summed E-state index contributed by atoms with van der Waals surface area (Å²) in [6.07, 6.45) is 16.0. The van der Waals surface area contributed by atoms with Gasteiger partial charge in [-0.05, 0) is 69.2 Å².